The Morgan fingerprint density at radius 2 is 1.64 bits per heavy atom. The largest absolute Gasteiger partial charge is 0.478 e. The molecule has 0 fully saturated rings. The van der Waals surface area contributed by atoms with E-state index in [1.54, 1.807) is 12.1 Å². The van der Waals surface area contributed by atoms with Gasteiger partial charge >= 0.3 is 5.97 Å². The van der Waals surface area contributed by atoms with Gasteiger partial charge in [0.05, 0.1) is 26.9 Å². The number of rotatable bonds is 6. The molecule has 1 heterocycles. The normalized spacial score (nSPS) is 11.3. The zero-order valence-electron chi connectivity index (χ0n) is 16.5. The summed E-state index contributed by atoms with van der Waals surface area (Å²) in [6.45, 7) is 0. The molecule has 33 heavy (non-hydrogen) atoms. The second-order valence-corrected chi connectivity index (χ2v) is 10.4. The van der Waals surface area contributed by atoms with Gasteiger partial charge < -0.3 is 10.4 Å². The van der Waals surface area contributed by atoms with Crippen molar-refractivity contribution in [1.82, 2.24) is 0 Å². The predicted octanol–water partition coefficient (Wildman–Crippen LogP) is 5.96. The van der Waals surface area contributed by atoms with Gasteiger partial charge in [-0.15, -0.1) is 11.3 Å². The molecular weight excluding hydrogens is 507 g/mol. The van der Waals surface area contributed by atoms with Crippen LogP contribution < -0.4 is 10.0 Å². The lowest BCUT2D eigenvalue weighted by Crippen LogP contribution is -2.16. The minimum Gasteiger partial charge on any atom is -0.478 e. The lowest BCUT2D eigenvalue weighted by atomic mass is 10.1. The van der Waals surface area contributed by atoms with Crippen molar-refractivity contribution < 1.29 is 23.1 Å². The maximum atomic E-state index is 12.9. The molecule has 0 atom stereocenters. The van der Waals surface area contributed by atoms with Crippen molar-refractivity contribution in [3.8, 4) is 0 Å². The summed E-state index contributed by atoms with van der Waals surface area (Å²) in [5.74, 6) is -1.90. The highest BCUT2D eigenvalue weighted by molar-refractivity contribution is 7.92. The number of benzene rings is 3. The first kappa shape index (κ1) is 23.1. The third kappa shape index (κ3) is 4.81. The standard InChI is InChI=1S/C22H14Cl2N2O5S2/c23-12-5-8-14(9-6-12)33(30,31)26-13-7-10-15(22(28)29)17(11-13)25-21(27)20-19(24)16-3-1-2-4-18(16)32-20/h1-11,26H,(H,25,27)(H,28,29). The number of anilines is 2. The summed E-state index contributed by atoms with van der Waals surface area (Å²) < 4.78 is 28.5. The highest BCUT2D eigenvalue weighted by Crippen LogP contribution is 2.36. The van der Waals surface area contributed by atoms with Gasteiger partial charge in [0, 0.05) is 15.1 Å². The summed E-state index contributed by atoms with van der Waals surface area (Å²) >= 11 is 13.3. The van der Waals surface area contributed by atoms with Gasteiger partial charge in [-0.3, -0.25) is 9.52 Å². The molecule has 0 saturated heterocycles. The number of sulfonamides is 1. The van der Waals surface area contributed by atoms with Gasteiger partial charge in [0.2, 0.25) is 0 Å². The summed E-state index contributed by atoms with van der Waals surface area (Å²) in [7, 11) is -3.97. The number of fused-ring (bicyclic) bond motifs is 1. The topological polar surface area (TPSA) is 113 Å². The molecule has 0 unspecified atom stereocenters. The van der Waals surface area contributed by atoms with Crippen molar-refractivity contribution in [2.75, 3.05) is 10.0 Å². The Morgan fingerprint density at radius 3 is 2.30 bits per heavy atom. The number of carbonyl (C=O) groups excluding carboxylic acids is 1. The number of thiophene rings is 1. The molecule has 168 valence electrons. The van der Waals surface area contributed by atoms with E-state index in [1.165, 1.54) is 42.5 Å². The van der Waals surface area contributed by atoms with Crippen LogP contribution in [0.3, 0.4) is 0 Å². The summed E-state index contributed by atoms with van der Waals surface area (Å²) in [4.78, 5) is 24.8. The first-order valence-electron chi connectivity index (χ1n) is 9.30. The smallest absolute Gasteiger partial charge is 0.337 e. The Kier molecular flexibility index (Phi) is 6.31. The molecule has 7 nitrogen and oxygen atoms in total. The molecule has 4 rings (SSSR count). The molecule has 0 spiro atoms. The Hall–Kier alpha value is -3.11. The third-order valence-corrected chi connectivity index (χ3v) is 7.94. The first-order valence-corrected chi connectivity index (χ1v) is 12.4. The predicted molar refractivity (Wildman–Crippen MR) is 130 cm³/mol. The van der Waals surface area contributed by atoms with E-state index in [0.717, 1.165) is 16.0 Å². The zero-order valence-corrected chi connectivity index (χ0v) is 19.6. The molecular formula is C22H14Cl2N2O5S2. The molecule has 3 N–H and O–H groups in total. The van der Waals surface area contributed by atoms with Crippen LogP contribution in [-0.2, 0) is 10.0 Å². The lowest BCUT2D eigenvalue weighted by Gasteiger charge is -2.12. The zero-order chi connectivity index (χ0) is 23.8. The fourth-order valence-electron chi connectivity index (χ4n) is 3.06. The summed E-state index contributed by atoms with van der Waals surface area (Å²) in [5.41, 5.74) is -0.236. The Bertz CT molecular complexity index is 1500. The van der Waals surface area contributed by atoms with Crippen molar-refractivity contribution in [2.24, 2.45) is 0 Å². The van der Waals surface area contributed by atoms with Gasteiger partial charge in [-0.25, -0.2) is 13.2 Å². The molecule has 0 aliphatic heterocycles. The van der Waals surface area contributed by atoms with Crippen LogP contribution in [0.25, 0.3) is 10.1 Å². The quantitative estimate of drug-likeness (QED) is 0.290. The highest BCUT2D eigenvalue weighted by atomic mass is 35.5. The van der Waals surface area contributed by atoms with E-state index in [-0.39, 0.29) is 31.7 Å². The molecule has 0 bridgehead atoms. The molecule has 1 amide bonds. The van der Waals surface area contributed by atoms with E-state index in [4.69, 9.17) is 23.2 Å². The van der Waals surface area contributed by atoms with Gasteiger partial charge in [-0.1, -0.05) is 41.4 Å². The Balaban J connectivity index is 1.66. The fourth-order valence-corrected chi connectivity index (χ4v) is 5.65. The van der Waals surface area contributed by atoms with E-state index in [0.29, 0.717) is 10.4 Å². The number of aromatic carboxylic acids is 1. The van der Waals surface area contributed by atoms with Crippen LogP contribution in [0.15, 0.2) is 71.6 Å². The number of carbonyl (C=O) groups is 2. The van der Waals surface area contributed by atoms with Crippen LogP contribution in [0.1, 0.15) is 20.0 Å². The highest BCUT2D eigenvalue weighted by Gasteiger charge is 2.21. The second kappa shape index (κ2) is 9.03. The molecule has 11 heteroatoms. The second-order valence-electron chi connectivity index (χ2n) is 6.82. The van der Waals surface area contributed by atoms with Crippen LogP contribution in [-0.4, -0.2) is 25.4 Å². The average molecular weight is 521 g/mol. The number of hydrogen-bond acceptors (Lipinski definition) is 5. The van der Waals surface area contributed by atoms with Gasteiger partial charge in [-0.2, -0.15) is 0 Å². The van der Waals surface area contributed by atoms with E-state index >= 15 is 0 Å². The van der Waals surface area contributed by atoms with Crippen molar-refractivity contribution in [3.05, 3.63) is 87.2 Å². The van der Waals surface area contributed by atoms with Gasteiger partial charge in [0.15, 0.2) is 0 Å². The lowest BCUT2D eigenvalue weighted by molar-refractivity contribution is 0.0698. The van der Waals surface area contributed by atoms with Crippen molar-refractivity contribution in [2.45, 2.75) is 4.90 Å². The number of nitrogens with one attached hydrogen (secondary N) is 2. The average Bonchev–Trinajstić information content (AvgIpc) is 3.10. The summed E-state index contributed by atoms with van der Waals surface area (Å²) in [5, 5.41) is 13.4. The van der Waals surface area contributed by atoms with Gasteiger partial charge in [0.1, 0.15) is 4.88 Å². The Labute approximate surface area is 202 Å². The third-order valence-electron chi connectivity index (χ3n) is 4.62. The number of carboxylic acids is 1. The fraction of sp³-hybridized carbons (Fsp3) is 0. The molecule has 0 saturated carbocycles. The maximum absolute atomic E-state index is 12.9. The summed E-state index contributed by atoms with van der Waals surface area (Å²) in [6.07, 6.45) is 0. The first-order chi connectivity index (χ1) is 15.7. The van der Waals surface area contributed by atoms with E-state index in [1.807, 2.05) is 12.1 Å². The van der Waals surface area contributed by atoms with Crippen LogP contribution in [0.4, 0.5) is 11.4 Å². The minimum absolute atomic E-state index is 0.0307. The molecule has 0 radical (unpaired) electrons. The van der Waals surface area contributed by atoms with Crippen molar-refractivity contribution in [1.29, 1.82) is 0 Å². The number of halogens is 2. The molecule has 4 aromatic rings. The van der Waals surface area contributed by atoms with Crippen LogP contribution >= 0.6 is 34.5 Å². The maximum Gasteiger partial charge on any atom is 0.337 e. The van der Waals surface area contributed by atoms with E-state index in [9.17, 15) is 23.1 Å². The molecule has 3 aromatic carbocycles. The van der Waals surface area contributed by atoms with Crippen LogP contribution in [0.2, 0.25) is 10.0 Å². The van der Waals surface area contributed by atoms with Crippen LogP contribution in [0, 0.1) is 0 Å². The van der Waals surface area contributed by atoms with Crippen molar-refractivity contribution in [3.63, 3.8) is 0 Å². The van der Waals surface area contributed by atoms with E-state index in [2.05, 4.69) is 10.0 Å². The number of carboxylic acid groups (broad SMARTS) is 1. The van der Waals surface area contributed by atoms with E-state index < -0.39 is 21.9 Å². The van der Waals surface area contributed by atoms with Crippen molar-refractivity contribution >= 4 is 77.9 Å². The van der Waals surface area contributed by atoms with Gasteiger partial charge in [0.25, 0.3) is 15.9 Å². The Morgan fingerprint density at radius 1 is 0.939 bits per heavy atom. The molecule has 1 aromatic heterocycles. The monoisotopic (exact) mass is 520 g/mol. The number of amides is 1. The van der Waals surface area contributed by atoms with Gasteiger partial charge in [-0.05, 0) is 48.5 Å². The molecule has 0 aliphatic carbocycles. The number of hydrogen-bond donors (Lipinski definition) is 3. The molecule has 0 aliphatic rings. The minimum atomic E-state index is -3.97. The SMILES string of the molecule is O=C(O)c1ccc(NS(=O)(=O)c2ccc(Cl)cc2)cc1NC(=O)c1sc2ccccc2c1Cl. The summed E-state index contributed by atoms with van der Waals surface area (Å²) in [6, 6.07) is 16.5. The van der Waals surface area contributed by atoms with Crippen LogP contribution in [0.5, 0.6) is 0 Å².